The van der Waals surface area contributed by atoms with Crippen LogP contribution in [0.5, 0.6) is 0 Å². The fraction of sp³-hybridized carbons (Fsp3) is 0.556. The number of amides is 1. The fourth-order valence-electron chi connectivity index (χ4n) is 3.13. The van der Waals surface area contributed by atoms with Crippen LogP contribution in [0, 0.1) is 0 Å². The molecular weight excluding hydrogens is 290 g/mol. The van der Waals surface area contributed by atoms with Crippen molar-refractivity contribution >= 4 is 17.4 Å². The van der Waals surface area contributed by atoms with Gasteiger partial charge in [0.25, 0.3) is 5.91 Å². The van der Waals surface area contributed by atoms with Gasteiger partial charge in [0.2, 0.25) is 0 Å². The molecule has 1 aromatic carbocycles. The van der Waals surface area contributed by atoms with Crippen LogP contribution in [0.3, 0.4) is 0 Å². The van der Waals surface area contributed by atoms with Crippen molar-refractivity contribution in [2.75, 3.05) is 31.1 Å². The van der Waals surface area contributed by atoms with E-state index in [9.17, 15) is 9.59 Å². The van der Waals surface area contributed by atoms with Gasteiger partial charge in [-0.05, 0) is 51.0 Å². The molecule has 23 heavy (non-hydrogen) atoms. The Morgan fingerprint density at radius 3 is 2.30 bits per heavy atom. The Labute approximate surface area is 137 Å². The molecule has 1 aromatic rings. The Morgan fingerprint density at radius 2 is 1.78 bits per heavy atom. The van der Waals surface area contributed by atoms with E-state index in [-0.39, 0.29) is 17.7 Å². The van der Waals surface area contributed by atoms with Crippen molar-refractivity contribution < 1.29 is 14.5 Å². The molecule has 1 saturated carbocycles. The van der Waals surface area contributed by atoms with E-state index in [0.717, 1.165) is 50.3 Å². The average molecular weight is 316 g/mol. The number of quaternary nitrogens is 1. The third-order valence-corrected chi connectivity index (χ3v) is 4.97. The minimum atomic E-state index is 0.0258. The van der Waals surface area contributed by atoms with Gasteiger partial charge in [0.1, 0.15) is 0 Å². The topological polar surface area (TPSA) is 53.9 Å². The predicted molar refractivity (Wildman–Crippen MR) is 90.0 cm³/mol. The molecule has 0 radical (unpaired) electrons. The number of rotatable bonds is 5. The molecule has 2 fully saturated rings. The number of anilines is 1. The fourth-order valence-corrected chi connectivity index (χ4v) is 3.13. The van der Waals surface area contributed by atoms with E-state index in [1.165, 1.54) is 4.90 Å². The van der Waals surface area contributed by atoms with Gasteiger partial charge in [-0.1, -0.05) is 0 Å². The zero-order valence-corrected chi connectivity index (χ0v) is 14.0. The first-order chi connectivity index (χ1) is 11.0. The summed E-state index contributed by atoms with van der Waals surface area (Å²) in [5.74, 6) is 0.295. The van der Waals surface area contributed by atoms with Crippen molar-refractivity contribution in [2.45, 2.75) is 38.8 Å². The van der Waals surface area contributed by atoms with E-state index in [4.69, 9.17) is 0 Å². The average Bonchev–Trinajstić information content (AvgIpc) is 3.38. The minimum absolute atomic E-state index is 0.0258. The van der Waals surface area contributed by atoms with Crippen molar-refractivity contribution in [1.29, 1.82) is 0 Å². The van der Waals surface area contributed by atoms with Gasteiger partial charge in [0, 0.05) is 17.3 Å². The summed E-state index contributed by atoms with van der Waals surface area (Å²) < 4.78 is 0. The summed E-state index contributed by atoms with van der Waals surface area (Å²) in [6.07, 6.45) is 2.27. The standard InChI is InChI=1S/C18H25N3O2/c1-13(18(23)19-16-5-6-16)20-9-11-21(12-10-20)17-7-3-15(4-8-17)14(2)22/h3-4,7-8,13,16H,5-6,9-12H2,1-2H3,(H,19,23)/p+1/t13-/m0/s1. The maximum Gasteiger partial charge on any atom is 0.278 e. The number of carbonyl (C=O) groups is 2. The molecule has 2 aliphatic rings. The van der Waals surface area contributed by atoms with Crippen molar-refractivity contribution in [1.82, 2.24) is 5.32 Å². The van der Waals surface area contributed by atoms with Gasteiger partial charge >= 0.3 is 0 Å². The number of nitrogens with zero attached hydrogens (tertiary/aromatic N) is 1. The highest BCUT2D eigenvalue weighted by Crippen LogP contribution is 2.18. The second kappa shape index (κ2) is 6.71. The molecule has 124 valence electrons. The van der Waals surface area contributed by atoms with Crippen LogP contribution in [0.4, 0.5) is 5.69 Å². The lowest BCUT2D eigenvalue weighted by Crippen LogP contribution is -3.19. The third-order valence-electron chi connectivity index (χ3n) is 4.97. The second-order valence-electron chi connectivity index (χ2n) is 6.75. The molecule has 1 aliphatic carbocycles. The normalized spacial score (nSPS) is 20.2. The summed E-state index contributed by atoms with van der Waals surface area (Å²) in [7, 11) is 0. The summed E-state index contributed by atoms with van der Waals surface area (Å²) in [5.41, 5.74) is 1.91. The van der Waals surface area contributed by atoms with Gasteiger partial charge in [-0.15, -0.1) is 0 Å². The molecule has 0 aromatic heterocycles. The van der Waals surface area contributed by atoms with E-state index < -0.39 is 0 Å². The molecule has 0 unspecified atom stereocenters. The van der Waals surface area contributed by atoms with Gasteiger partial charge in [-0.3, -0.25) is 9.59 Å². The first-order valence-electron chi connectivity index (χ1n) is 8.55. The summed E-state index contributed by atoms with van der Waals surface area (Å²) in [6.45, 7) is 7.43. The minimum Gasteiger partial charge on any atom is -0.360 e. The molecule has 3 rings (SSSR count). The maximum atomic E-state index is 12.2. The Kier molecular flexibility index (Phi) is 4.66. The molecule has 5 heteroatoms. The van der Waals surface area contributed by atoms with Gasteiger partial charge in [0.05, 0.1) is 26.2 Å². The molecule has 1 atom stereocenters. The van der Waals surface area contributed by atoms with Crippen LogP contribution in [0.2, 0.25) is 0 Å². The summed E-state index contributed by atoms with van der Waals surface area (Å²) in [6, 6.07) is 8.28. The van der Waals surface area contributed by atoms with Gasteiger partial charge in [-0.25, -0.2) is 0 Å². The van der Waals surface area contributed by atoms with Crippen molar-refractivity contribution in [3.8, 4) is 0 Å². The number of hydrogen-bond acceptors (Lipinski definition) is 3. The van der Waals surface area contributed by atoms with Crippen LogP contribution < -0.4 is 15.1 Å². The Balaban J connectivity index is 1.53. The van der Waals surface area contributed by atoms with Crippen molar-refractivity contribution in [3.05, 3.63) is 29.8 Å². The summed E-state index contributed by atoms with van der Waals surface area (Å²) in [5, 5.41) is 3.11. The first kappa shape index (κ1) is 16.0. The van der Waals surface area contributed by atoms with Crippen LogP contribution in [0.1, 0.15) is 37.0 Å². The zero-order chi connectivity index (χ0) is 16.4. The van der Waals surface area contributed by atoms with Gasteiger partial charge in [-0.2, -0.15) is 0 Å². The number of ketones is 1. The molecule has 5 nitrogen and oxygen atoms in total. The highest BCUT2D eigenvalue weighted by Gasteiger charge is 2.32. The molecule has 2 N–H and O–H groups in total. The number of benzene rings is 1. The van der Waals surface area contributed by atoms with Crippen molar-refractivity contribution in [2.24, 2.45) is 0 Å². The van der Waals surface area contributed by atoms with E-state index >= 15 is 0 Å². The second-order valence-corrected chi connectivity index (χ2v) is 6.75. The van der Waals surface area contributed by atoms with Crippen LogP contribution >= 0.6 is 0 Å². The molecule has 1 heterocycles. The van der Waals surface area contributed by atoms with Gasteiger partial charge in [0.15, 0.2) is 11.8 Å². The largest absolute Gasteiger partial charge is 0.360 e. The highest BCUT2D eigenvalue weighted by molar-refractivity contribution is 5.94. The van der Waals surface area contributed by atoms with Crippen molar-refractivity contribution in [3.63, 3.8) is 0 Å². The molecule has 0 spiro atoms. The quantitative estimate of drug-likeness (QED) is 0.766. The van der Waals surface area contributed by atoms with E-state index in [1.807, 2.05) is 31.2 Å². The Bertz CT molecular complexity index is 572. The molecule has 1 saturated heterocycles. The monoisotopic (exact) mass is 316 g/mol. The summed E-state index contributed by atoms with van der Waals surface area (Å²) in [4.78, 5) is 27.2. The lowest BCUT2D eigenvalue weighted by Gasteiger charge is -2.36. The predicted octanol–water partition coefficient (Wildman–Crippen LogP) is 0.261. The molecule has 0 bridgehead atoms. The zero-order valence-electron chi connectivity index (χ0n) is 14.0. The number of hydrogen-bond donors (Lipinski definition) is 2. The third kappa shape index (κ3) is 3.91. The van der Waals surface area contributed by atoms with Crippen LogP contribution in [0.25, 0.3) is 0 Å². The smallest absolute Gasteiger partial charge is 0.278 e. The number of piperazine rings is 1. The Hall–Kier alpha value is -1.88. The maximum absolute atomic E-state index is 12.2. The number of Topliss-reactive ketones (excluding diaryl/α,β-unsaturated/α-hetero) is 1. The number of nitrogens with one attached hydrogen (secondary N) is 2. The first-order valence-corrected chi connectivity index (χ1v) is 8.55. The summed E-state index contributed by atoms with van der Waals surface area (Å²) >= 11 is 0. The van der Waals surface area contributed by atoms with Gasteiger partial charge < -0.3 is 15.1 Å². The van der Waals surface area contributed by atoms with E-state index in [2.05, 4.69) is 10.2 Å². The van der Waals surface area contributed by atoms with E-state index in [1.54, 1.807) is 6.92 Å². The molecular formula is C18H26N3O2+. The Morgan fingerprint density at radius 1 is 1.17 bits per heavy atom. The molecule has 1 aliphatic heterocycles. The SMILES string of the molecule is CC(=O)c1ccc(N2CC[NH+]([C@@H](C)C(=O)NC3CC3)CC2)cc1. The lowest BCUT2D eigenvalue weighted by molar-refractivity contribution is -0.914. The van der Waals surface area contributed by atoms with E-state index in [0.29, 0.717) is 6.04 Å². The highest BCUT2D eigenvalue weighted by atomic mass is 16.2. The molecule has 1 amide bonds. The number of carbonyl (C=O) groups excluding carboxylic acids is 2. The van der Waals surface area contributed by atoms with Crippen LogP contribution in [-0.4, -0.2) is 50.0 Å². The van der Waals surface area contributed by atoms with Crippen LogP contribution in [0.15, 0.2) is 24.3 Å². The van der Waals surface area contributed by atoms with Crippen LogP contribution in [-0.2, 0) is 4.79 Å². The lowest BCUT2D eigenvalue weighted by atomic mass is 10.1.